The lowest BCUT2D eigenvalue weighted by Crippen LogP contribution is -2.49. The maximum Gasteiger partial charge on any atom is 0.416 e. The number of fused-ring (bicyclic) bond motifs is 1. The predicted octanol–water partition coefficient (Wildman–Crippen LogP) is 3.92. The standard InChI is InChI=1S/C26H30F3N7O2/c1-16(2)22(23(30)37)34-24-19-5-3-4-6-20(19)32-21(33-24)15-35-11-13-36(14-12-35)25(38)31-18-9-7-17(8-10-18)26(27,28)29/h3-10,16,22H,11-15H2,1-2H3,(H2,30,37)(H,31,38)(H,32,33,34)/t22-/m0/s1. The number of carbonyl (C=O) groups is 2. The van der Waals surface area contributed by atoms with Crippen LogP contribution in [0.5, 0.6) is 0 Å². The fourth-order valence-corrected chi connectivity index (χ4v) is 4.27. The third kappa shape index (κ3) is 6.49. The van der Waals surface area contributed by atoms with Crippen molar-refractivity contribution in [2.45, 2.75) is 32.6 Å². The maximum atomic E-state index is 12.8. The van der Waals surface area contributed by atoms with E-state index in [-0.39, 0.29) is 11.9 Å². The van der Waals surface area contributed by atoms with Gasteiger partial charge in [0.15, 0.2) is 0 Å². The second-order valence-corrected chi connectivity index (χ2v) is 9.54. The van der Waals surface area contributed by atoms with E-state index in [1.807, 2.05) is 38.1 Å². The smallest absolute Gasteiger partial charge is 0.368 e. The molecule has 0 aliphatic carbocycles. The number of piperazine rings is 1. The number of nitrogens with one attached hydrogen (secondary N) is 2. The van der Waals surface area contributed by atoms with Crippen LogP contribution in [-0.2, 0) is 17.5 Å². The SMILES string of the molecule is CC(C)[C@H](Nc1nc(CN2CCN(C(=O)Nc3ccc(C(F)(F)F)cc3)CC2)nc2ccccc12)C(N)=O. The van der Waals surface area contributed by atoms with E-state index in [2.05, 4.69) is 25.5 Å². The number of hydrogen-bond acceptors (Lipinski definition) is 6. The van der Waals surface area contributed by atoms with Crippen LogP contribution in [0.1, 0.15) is 25.2 Å². The van der Waals surface area contributed by atoms with Crippen molar-refractivity contribution in [2.24, 2.45) is 11.7 Å². The molecular weight excluding hydrogens is 499 g/mol. The van der Waals surface area contributed by atoms with E-state index in [0.29, 0.717) is 50.1 Å². The first-order valence-corrected chi connectivity index (χ1v) is 12.3. The second kappa shape index (κ2) is 11.2. The summed E-state index contributed by atoms with van der Waals surface area (Å²) in [6.07, 6.45) is -4.43. The van der Waals surface area contributed by atoms with E-state index >= 15 is 0 Å². The average Bonchev–Trinajstić information content (AvgIpc) is 2.87. The number of carbonyl (C=O) groups excluding carboxylic acids is 2. The number of para-hydroxylation sites is 1. The summed E-state index contributed by atoms with van der Waals surface area (Å²) < 4.78 is 38.3. The normalized spacial score (nSPS) is 15.5. The summed E-state index contributed by atoms with van der Waals surface area (Å²) in [6.45, 7) is 6.24. The van der Waals surface area contributed by atoms with Gasteiger partial charge in [-0.2, -0.15) is 13.2 Å². The van der Waals surface area contributed by atoms with E-state index in [9.17, 15) is 22.8 Å². The molecule has 38 heavy (non-hydrogen) atoms. The highest BCUT2D eigenvalue weighted by Gasteiger charge is 2.30. The van der Waals surface area contributed by atoms with Gasteiger partial charge in [0.2, 0.25) is 5.91 Å². The van der Waals surface area contributed by atoms with Gasteiger partial charge in [0.25, 0.3) is 0 Å². The molecule has 1 saturated heterocycles. The molecule has 0 radical (unpaired) electrons. The lowest BCUT2D eigenvalue weighted by Gasteiger charge is -2.34. The van der Waals surface area contributed by atoms with Crippen LogP contribution in [0, 0.1) is 5.92 Å². The Labute approximate surface area is 218 Å². The molecule has 4 N–H and O–H groups in total. The van der Waals surface area contributed by atoms with Gasteiger partial charge in [0.1, 0.15) is 17.7 Å². The molecule has 0 spiro atoms. The third-order valence-corrected chi connectivity index (χ3v) is 6.40. The number of amides is 3. The monoisotopic (exact) mass is 529 g/mol. The Hall–Kier alpha value is -3.93. The average molecular weight is 530 g/mol. The molecule has 1 atom stereocenters. The summed E-state index contributed by atoms with van der Waals surface area (Å²) in [4.78, 5) is 37.7. The van der Waals surface area contributed by atoms with Gasteiger partial charge in [-0.1, -0.05) is 26.0 Å². The van der Waals surface area contributed by atoms with Crippen LogP contribution >= 0.6 is 0 Å². The Kier molecular flexibility index (Phi) is 8.00. The van der Waals surface area contributed by atoms with Gasteiger partial charge in [-0.3, -0.25) is 9.69 Å². The van der Waals surface area contributed by atoms with E-state index in [4.69, 9.17) is 5.73 Å². The summed E-state index contributed by atoms with van der Waals surface area (Å²) in [7, 11) is 0. The Morgan fingerprint density at radius 3 is 2.26 bits per heavy atom. The number of nitrogens with zero attached hydrogens (tertiary/aromatic N) is 4. The first kappa shape index (κ1) is 27.1. The van der Waals surface area contributed by atoms with Crippen LogP contribution in [0.2, 0.25) is 0 Å². The molecule has 1 aromatic heterocycles. The Morgan fingerprint density at radius 2 is 1.66 bits per heavy atom. The van der Waals surface area contributed by atoms with Crippen molar-refractivity contribution in [3.63, 3.8) is 0 Å². The number of alkyl halides is 3. The van der Waals surface area contributed by atoms with Crippen LogP contribution in [0.4, 0.5) is 29.5 Å². The highest BCUT2D eigenvalue weighted by Crippen LogP contribution is 2.30. The summed E-state index contributed by atoms with van der Waals surface area (Å²) in [5.74, 6) is 0.611. The van der Waals surface area contributed by atoms with E-state index in [1.165, 1.54) is 12.1 Å². The Balaban J connectivity index is 1.39. The number of anilines is 2. The fraction of sp³-hybridized carbons (Fsp3) is 0.385. The van der Waals surface area contributed by atoms with Crippen LogP contribution in [0.3, 0.4) is 0 Å². The molecule has 4 rings (SSSR count). The summed E-state index contributed by atoms with van der Waals surface area (Å²) in [5, 5.41) is 6.62. The zero-order chi connectivity index (χ0) is 27.4. The van der Waals surface area contributed by atoms with Gasteiger partial charge >= 0.3 is 12.2 Å². The maximum absolute atomic E-state index is 12.8. The van der Waals surface area contributed by atoms with Gasteiger partial charge in [0.05, 0.1) is 17.6 Å². The minimum Gasteiger partial charge on any atom is -0.368 e. The second-order valence-electron chi connectivity index (χ2n) is 9.54. The molecule has 2 heterocycles. The van der Waals surface area contributed by atoms with Gasteiger partial charge < -0.3 is 21.3 Å². The first-order chi connectivity index (χ1) is 18.0. The summed E-state index contributed by atoms with van der Waals surface area (Å²) >= 11 is 0. The molecule has 9 nitrogen and oxygen atoms in total. The number of primary amides is 1. The number of aromatic nitrogens is 2. The zero-order valence-electron chi connectivity index (χ0n) is 21.1. The quantitative estimate of drug-likeness (QED) is 0.427. The molecule has 1 aliphatic rings. The topological polar surface area (TPSA) is 116 Å². The van der Waals surface area contributed by atoms with Crippen LogP contribution in [0.25, 0.3) is 10.9 Å². The molecule has 1 fully saturated rings. The van der Waals surface area contributed by atoms with Gasteiger partial charge in [-0.15, -0.1) is 0 Å². The highest BCUT2D eigenvalue weighted by molar-refractivity contribution is 5.92. The third-order valence-electron chi connectivity index (χ3n) is 6.40. The van der Waals surface area contributed by atoms with Crippen LogP contribution in [-0.4, -0.2) is 63.9 Å². The van der Waals surface area contributed by atoms with Gasteiger partial charge in [0, 0.05) is 37.3 Å². The lowest BCUT2D eigenvalue weighted by atomic mass is 10.0. The molecule has 0 saturated carbocycles. The van der Waals surface area contributed by atoms with Gasteiger partial charge in [-0.25, -0.2) is 14.8 Å². The van der Waals surface area contributed by atoms with E-state index in [1.54, 1.807) is 4.90 Å². The molecule has 3 amide bonds. The number of benzene rings is 2. The van der Waals surface area contributed by atoms with Crippen molar-refractivity contribution in [1.29, 1.82) is 0 Å². The van der Waals surface area contributed by atoms with Crippen molar-refractivity contribution >= 4 is 34.3 Å². The van der Waals surface area contributed by atoms with E-state index < -0.39 is 23.7 Å². The van der Waals surface area contributed by atoms with E-state index in [0.717, 1.165) is 23.0 Å². The van der Waals surface area contributed by atoms with Crippen molar-refractivity contribution < 1.29 is 22.8 Å². The Bertz CT molecular complexity index is 1290. The molecule has 3 aromatic rings. The number of nitrogens with two attached hydrogens (primary N) is 1. The number of urea groups is 1. The highest BCUT2D eigenvalue weighted by atomic mass is 19.4. The van der Waals surface area contributed by atoms with Crippen molar-refractivity contribution in [2.75, 3.05) is 36.8 Å². The summed E-state index contributed by atoms with van der Waals surface area (Å²) in [6, 6.07) is 10.9. The number of rotatable bonds is 7. The number of halogens is 3. The Morgan fingerprint density at radius 1 is 1.00 bits per heavy atom. The fourth-order valence-electron chi connectivity index (χ4n) is 4.27. The zero-order valence-corrected chi connectivity index (χ0v) is 21.1. The summed E-state index contributed by atoms with van der Waals surface area (Å²) in [5.41, 5.74) is 5.86. The first-order valence-electron chi connectivity index (χ1n) is 12.3. The molecule has 0 bridgehead atoms. The predicted molar refractivity (Wildman–Crippen MR) is 138 cm³/mol. The molecule has 2 aromatic carbocycles. The van der Waals surface area contributed by atoms with Crippen LogP contribution < -0.4 is 16.4 Å². The van der Waals surface area contributed by atoms with Crippen molar-refractivity contribution in [3.05, 3.63) is 59.9 Å². The van der Waals surface area contributed by atoms with Crippen LogP contribution in [0.15, 0.2) is 48.5 Å². The lowest BCUT2D eigenvalue weighted by molar-refractivity contribution is -0.137. The molecule has 202 valence electrons. The minimum absolute atomic E-state index is 0.0357. The largest absolute Gasteiger partial charge is 0.416 e. The molecule has 1 aliphatic heterocycles. The molecular formula is C26H30F3N7O2. The number of hydrogen-bond donors (Lipinski definition) is 3. The molecule has 12 heteroatoms. The van der Waals surface area contributed by atoms with Crippen molar-refractivity contribution in [1.82, 2.24) is 19.8 Å². The molecule has 0 unspecified atom stereocenters. The van der Waals surface area contributed by atoms with Crippen molar-refractivity contribution in [3.8, 4) is 0 Å². The van der Waals surface area contributed by atoms with Gasteiger partial charge in [-0.05, 0) is 42.3 Å². The minimum atomic E-state index is -4.43.